The van der Waals surface area contributed by atoms with Gasteiger partial charge in [0.2, 0.25) is 5.78 Å². The molecule has 0 aromatic heterocycles. The molecule has 1 fully saturated rings. The van der Waals surface area contributed by atoms with E-state index in [1.54, 1.807) is 14.1 Å². The summed E-state index contributed by atoms with van der Waals surface area (Å²) in [7, 11) is 6.80. The van der Waals surface area contributed by atoms with Crippen LogP contribution in [0.5, 0.6) is 5.75 Å². The lowest BCUT2D eigenvalue weighted by molar-refractivity contribution is -0.153. The molecule has 4 rings (SSSR count). The van der Waals surface area contributed by atoms with Gasteiger partial charge in [-0.3, -0.25) is 19.3 Å². The summed E-state index contributed by atoms with van der Waals surface area (Å²) in [4.78, 5) is 43.7. The van der Waals surface area contributed by atoms with Crippen molar-refractivity contribution in [3.05, 3.63) is 39.7 Å². The average molecular weight is 587 g/mol. The third kappa shape index (κ3) is 4.96. The topological polar surface area (TPSA) is 183 Å². The maximum absolute atomic E-state index is 14.2. The number of benzene rings is 1. The van der Waals surface area contributed by atoms with Crippen LogP contribution in [0.15, 0.2) is 23.0 Å². The number of aliphatic hydroxyl groups excluding tert-OH is 3. The lowest BCUT2D eigenvalue weighted by Gasteiger charge is -2.50. The quantitative estimate of drug-likeness (QED) is 0.177. The number of amides is 1. The Kier molecular flexibility index (Phi) is 8.24. The number of nitrogens with zero attached hydrogens (tertiary/aromatic N) is 2. The van der Waals surface area contributed by atoms with Crippen LogP contribution in [0.1, 0.15) is 43.9 Å². The number of carbonyl (C=O) groups excluding carboxylic acids is 3. The molecule has 0 radical (unpaired) electrons. The zero-order valence-corrected chi connectivity index (χ0v) is 25.2. The highest BCUT2D eigenvalue weighted by Gasteiger charge is 2.64. The number of Topliss-reactive ketones (excluding diaryl/α,β-unsaturated/α-hetero) is 2. The number of aliphatic hydroxyl groups is 4. The zero-order chi connectivity index (χ0) is 31.5. The van der Waals surface area contributed by atoms with E-state index >= 15 is 0 Å². The van der Waals surface area contributed by atoms with Crippen LogP contribution in [0, 0.1) is 17.3 Å². The van der Waals surface area contributed by atoms with Gasteiger partial charge in [-0.2, -0.15) is 0 Å². The van der Waals surface area contributed by atoms with Crippen molar-refractivity contribution in [3.63, 3.8) is 0 Å². The highest BCUT2D eigenvalue weighted by atomic mass is 16.3. The number of likely N-dealkylation sites (N-methyl/N-ethyl adjacent to an activating group) is 1. The molecular formula is C30H42N4O8. The van der Waals surface area contributed by atoms with E-state index in [-0.39, 0.29) is 35.1 Å². The molecular weight excluding hydrogens is 544 g/mol. The molecule has 7 N–H and O–H groups in total. The lowest BCUT2D eigenvalue weighted by Crippen LogP contribution is -2.65. The Hall–Kier alpha value is -3.45. The van der Waals surface area contributed by atoms with E-state index in [1.165, 1.54) is 4.90 Å². The van der Waals surface area contributed by atoms with Gasteiger partial charge in [-0.25, -0.2) is 0 Å². The van der Waals surface area contributed by atoms with Crippen molar-refractivity contribution in [1.82, 2.24) is 15.5 Å². The number of phenols is 1. The van der Waals surface area contributed by atoms with Crippen molar-refractivity contribution in [2.75, 3.05) is 46.4 Å². The number of carbonyl (C=O) groups is 3. The van der Waals surface area contributed by atoms with Crippen LogP contribution in [0.3, 0.4) is 0 Å². The van der Waals surface area contributed by atoms with E-state index < -0.39 is 64.8 Å². The third-order valence-electron chi connectivity index (χ3n) is 8.45. The van der Waals surface area contributed by atoms with Gasteiger partial charge in [0, 0.05) is 49.9 Å². The maximum Gasteiger partial charge on any atom is 0.260 e. The monoisotopic (exact) mass is 586 g/mol. The molecule has 230 valence electrons. The van der Waals surface area contributed by atoms with E-state index in [1.807, 2.05) is 30.4 Å². The average Bonchev–Trinajstić information content (AvgIpc) is 2.86. The van der Waals surface area contributed by atoms with E-state index in [2.05, 4.69) is 26.1 Å². The fourth-order valence-corrected chi connectivity index (χ4v) is 6.59. The van der Waals surface area contributed by atoms with Gasteiger partial charge in [0.15, 0.2) is 11.4 Å². The molecule has 1 unspecified atom stereocenters. The summed E-state index contributed by atoms with van der Waals surface area (Å²) < 4.78 is 0. The maximum atomic E-state index is 14.2. The minimum Gasteiger partial charge on any atom is -0.508 e. The number of aromatic hydroxyl groups is 1. The SMILES string of the molecule is CN(C)c1cc(CNCC(C)(C)C)c(O)c2c1CC1C[C@H]3[C@H](N(C)C)C(=O)C(C(=O)NCO)=C(O)[C@@]3(O)C(=O)C1=C2O. The number of nitrogens with one attached hydrogen (secondary N) is 2. The minimum absolute atomic E-state index is 0.0136. The molecule has 0 saturated heterocycles. The molecule has 1 saturated carbocycles. The van der Waals surface area contributed by atoms with Crippen LogP contribution >= 0.6 is 0 Å². The Morgan fingerprint density at radius 2 is 1.76 bits per heavy atom. The molecule has 3 aliphatic carbocycles. The Balaban J connectivity index is 1.91. The van der Waals surface area contributed by atoms with E-state index in [0.717, 1.165) is 5.69 Å². The summed E-state index contributed by atoms with van der Waals surface area (Å²) in [6, 6.07) is 0.688. The molecule has 12 nitrogen and oxygen atoms in total. The van der Waals surface area contributed by atoms with Crippen molar-refractivity contribution in [2.24, 2.45) is 17.3 Å². The first-order chi connectivity index (χ1) is 19.5. The fraction of sp³-hybridized carbons (Fsp3) is 0.567. The van der Waals surface area contributed by atoms with Crippen molar-refractivity contribution in [3.8, 4) is 5.75 Å². The highest BCUT2D eigenvalue weighted by molar-refractivity contribution is 6.25. The second-order valence-corrected chi connectivity index (χ2v) is 13.1. The van der Waals surface area contributed by atoms with Gasteiger partial charge < -0.3 is 41.1 Å². The molecule has 4 atom stereocenters. The number of ketones is 2. The fourth-order valence-electron chi connectivity index (χ4n) is 6.59. The predicted molar refractivity (Wildman–Crippen MR) is 156 cm³/mol. The smallest absolute Gasteiger partial charge is 0.260 e. The van der Waals surface area contributed by atoms with Crippen LogP contribution < -0.4 is 15.5 Å². The molecule has 0 bridgehead atoms. The molecule has 12 heteroatoms. The van der Waals surface area contributed by atoms with Crippen molar-refractivity contribution < 1.29 is 39.9 Å². The molecule has 0 heterocycles. The summed E-state index contributed by atoms with van der Waals surface area (Å²) in [5, 5.41) is 60.6. The molecule has 0 spiro atoms. The largest absolute Gasteiger partial charge is 0.508 e. The Bertz CT molecular complexity index is 1390. The van der Waals surface area contributed by atoms with Crippen LogP contribution in [-0.4, -0.2) is 101 Å². The zero-order valence-electron chi connectivity index (χ0n) is 25.2. The first-order valence-electron chi connectivity index (χ1n) is 14.0. The summed E-state index contributed by atoms with van der Waals surface area (Å²) in [5.74, 6) is -6.58. The number of phenolic OH excluding ortho intramolecular Hbond substituents is 1. The number of hydrogen-bond acceptors (Lipinski definition) is 11. The number of hydrogen-bond donors (Lipinski definition) is 7. The molecule has 1 amide bonds. The van der Waals surface area contributed by atoms with Crippen LogP contribution in [-0.2, 0) is 27.3 Å². The summed E-state index contributed by atoms with van der Waals surface area (Å²) in [6.07, 6.45) is 0.248. The van der Waals surface area contributed by atoms with Gasteiger partial charge in [-0.15, -0.1) is 0 Å². The predicted octanol–water partition coefficient (Wildman–Crippen LogP) is 0.746. The molecule has 3 aliphatic rings. The van der Waals surface area contributed by atoms with Crippen molar-refractivity contribution in [2.45, 2.75) is 51.8 Å². The molecule has 0 aliphatic heterocycles. The molecule has 1 aromatic carbocycles. The summed E-state index contributed by atoms with van der Waals surface area (Å²) in [5.41, 5.74) is -1.77. The van der Waals surface area contributed by atoms with Gasteiger partial charge >= 0.3 is 0 Å². The second kappa shape index (κ2) is 11.0. The first-order valence-corrected chi connectivity index (χ1v) is 14.0. The van der Waals surface area contributed by atoms with Crippen molar-refractivity contribution >= 4 is 28.9 Å². The van der Waals surface area contributed by atoms with E-state index in [0.29, 0.717) is 24.2 Å². The summed E-state index contributed by atoms with van der Waals surface area (Å²) in [6.45, 7) is 6.34. The summed E-state index contributed by atoms with van der Waals surface area (Å²) >= 11 is 0. The molecule has 1 aromatic rings. The number of anilines is 1. The minimum atomic E-state index is -2.70. The molecule has 42 heavy (non-hydrogen) atoms. The standard InChI is InChI=1S/C30H42N4O8/c1-29(2,3)12-31-11-15-10-18(33(4)5)16-8-14-9-17-22(34(6)7)25(38)21(28(41)32-13-35)27(40)30(17,42)26(39)19(14)24(37)20(16)23(15)36/h10,14,17,22,31,35-37,40,42H,8-9,11-13H2,1-7H3,(H,32,41)/t14?,17-,22-,30-/m0/s1. The van der Waals surface area contributed by atoms with Crippen molar-refractivity contribution in [1.29, 1.82) is 0 Å². The first kappa shape index (κ1) is 31.5. The Morgan fingerprint density at radius 3 is 2.31 bits per heavy atom. The normalized spacial score (nSPS) is 25.8. The van der Waals surface area contributed by atoms with Gasteiger partial charge in [0.25, 0.3) is 5.91 Å². The van der Waals surface area contributed by atoms with Crippen LogP contribution in [0.4, 0.5) is 5.69 Å². The Labute approximate surface area is 245 Å². The van der Waals surface area contributed by atoms with Gasteiger partial charge in [0.1, 0.15) is 29.6 Å². The van der Waals surface area contributed by atoms with E-state index in [9.17, 15) is 39.9 Å². The van der Waals surface area contributed by atoms with Gasteiger partial charge in [-0.05, 0) is 49.9 Å². The third-order valence-corrected chi connectivity index (χ3v) is 8.45. The number of fused-ring (bicyclic) bond motifs is 3. The second-order valence-electron chi connectivity index (χ2n) is 13.1. The van der Waals surface area contributed by atoms with Crippen LogP contribution in [0.2, 0.25) is 0 Å². The van der Waals surface area contributed by atoms with Crippen LogP contribution in [0.25, 0.3) is 5.76 Å². The van der Waals surface area contributed by atoms with Gasteiger partial charge in [0.05, 0.1) is 11.6 Å². The van der Waals surface area contributed by atoms with Gasteiger partial charge in [-0.1, -0.05) is 20.8 Å². The Morgan fingerprint density at radius 1 is 1.12 bits per heavy atom. The van der Waals surface area contributed by atoms with E-state index in [4.69, 9.17) is 0 Å². The highest BCUT2D eigenvalue weighted by Crippen LogP contribution is 2.54. The number of rotatable bonds is 7. The lowest BCUT2D eigenvalue weighted by atomic mass is 9.57.